The van der Waals surface area contributed by atoms with Crippen LogP contribution >= 0.6 is 23.2 Å². The van der Waals surface area contributed by atoms with Gasteiger partial charge in [0.1, 0.15) is 6.04 Å². The molecule has 172 valence electrons. The lowest BCUT2D eigenvalue weighted by Crippen LogP contribution is -2.20. The average Bonchev–Trinajstić information content (AvgIpc) is 3.21. The van der Waals surface area contributed by atoms with Crippen LogP contribution < -0.4 is 10.0 Å². The number of allylic oxidation sites excluding steroid dienone is 1. The molecule has 0 saturated heterocycles. The molecule has 7 nitrogen and oxygen atoms in total. The second kappa shape index (κ2) is 8.79. The number of benzene rings is 3. The van der Waals surface area contributed by atoms with Gasteiger partial charge in [-0.3, -0.25) is 0 Å². The predicted octanol–water partition coefficient (Wildman–Crippen LogP) is 5.75. The molecule has 0 radical (unpaired) electrons. The summed E-state index contributed by atoms with van der Waals surface area (Å²) in [4.78, 5) is 4.56. The molecular formula is C24H19Cl2N5O2S. The maximum atomic E-state index is 12.9. The van der Waals surface area contributed by atoms with Gasteiger partial charge in [-0.2, -0.15) is 4.98 Å². The van der Waals surface area contributed by atoms with E-state index in [2.05, 4.69) is 20.1 Å². The van der Waals surface area contributed by atoms with Gasteiger partial charge in [-0.1, -0.05) is 65.2 Å². The Labute approximate surface area is 207 Å². The van der Waals surface area contributed by atoms with E-state index in [-0.39, 0.29) is 16.9 Å². The van der Waals surface area contributed by atoms with Crippen LogP contribution in [0.3, 0.4) is 0 Å². The first-order valence-corrected chi connectivity index (χ1v) is 12.6. The zero-order chi connectivity index (χ0) is 23.9. The minimum atomic E-state index is -3.85. The molecule has 0 amide bonds. The predicted molar refractivity (Wildman–Crippen MR) is 135 cm³/mol. The zero-order valence-corrected chi connectivity index (χ0v) is 20.2. The average molecular weight is 512 g/mol. The second-order valence-corrected chi connectivity index (χ2v) is 10.4. The molecule has 2 heterocycles. The summed E-state index contributed by atoms with van der Waals surface area (Å²) in [6, 6.07) is 21.0. The summed E-state index contributed by atoms with van der Waals surface area (Å²) >= 11 is 12.1. The Morgan fingerprint density at radius 1 is 0.912 bits per heavy atom. The smallest absolute Gasteiger partial charge is 0.264 e. The minimum absolute atomic E-state index is 0.0344. The topological polar surface area (TPSA) is 88.9 Å². The van der Waals surface area contributed by atoms with Crippen LogP contribution in [-0.4, -0.2) is 23.2 Å². The molecule has 1 aliphatic rings. The Bertz CT molecular complexity index is 1480. The fraction of sp³-hybridized carbons (Fsp3) is 0.0833. The molecule has 0 fully saturated rings. The van der Waals surface area contributed by atoms with E-state index in [4.69, 9.17) is 23.2 Å². The molecule has 0 bridgehead atoms. The molecule has 4 aromatic rings. The number of nitrogens with one attached hydrogen (secondary N) is 2. The maximum absolute atomic E-state index is 12.9. The second-order valence-electron chi connectivity index (χ2n) is 7.83. The molecule has 10 heteroatoms. The molecule has 1 aromatic heterocycles. The number of sulfonamides is 1. The van der Waals surface area contributed by atoms with Crippen molar-refractivity contribution in [1.29, 1.82) is 0 Å². The molecule has 34 heavy (non-hydrogen) atoms. The van der Waals surface area contributed by atoms with Crippen LogP contribution in [0.4, 0.5) is 11.9 Å². The van der Waals surface area contributed by atoms with E-state index in [0.717, 1.165) is 22.4 Å². The molecule has 1 aliphatic heterocycles. The van der Waals surface area contributed by atoms with E-state index in [1.165, 1.54) is 0 Å². The van der Waals surface area contributed by atoms with Crippen molar-refractivity contribution >= 4 is 50.8 Å². The van der Waals surface area contributed by atoms with E-state index >= 15 is 0 Å². The van der Waals surface area contributed by atoms with Crippen LogP contribution in [0.5, 0.6) is 0 Å². The molecule has 0 unspecified atom stereocenters. The maximum Gasteiger partial charge on any atom is 0.264 e. The first-order chi connectivity index (χ1) is 16.3. The summed E-state index contributed by atoms with van der Waals surface area (Å²) in [5.41, 5.74) is 3.57. The van der Waals surface area contributed by atoms with Crippen molar-refractivity contribution in [2.24, 2.45) is 0 Å². The third-order valence-electron chi connectivity index (χ3n) is 5.39. The molecule has 0 spiro atoms. The van der Waals surface area contributed by atoms with Gasteiger partial charge in [0.2, 0.25) is 5.95 Å². The summed E-state index contributed by atoms with van der Waals surface area (Å²) in [7, 11) is -3.85. The van der Waals surface area contributed by atoms with Gasteiger partial charge in [0.15, 0.2) is 0 Å². The summed E-state index contributed by atoms with van der Waals surface area (Å²) in [5.74, 6) is 0.363. The summed E-state index contributed by atoms with van der Waals surface area (Å²) in [5, 5.41) is 8.94. The quantitative estimate of drug-likeness (QED) is 0.356. The first-order valence-electron chi connectivity index (χ1n) is 10.3. The third kappa shape index (κ3) is 4.52. The molecule has 5 rings (SSSR count). The van der Waals surface area contributed by atoms with Gasteiger partial charge in [-0.25, -0.2) is 17.8 Å². The highest BCUT2D eigenvalue weighted by Crippen LogP contribution is 2.34. The highest BCUT2D eigenvalue weighted by atomic mass is 35.5. The van der Waals surface area contributed by atoms with Crippen molar-refractivity contribution in [1.82, 2.24) is 14.8 Å². The van der Waals surface area contributed by atoms with Gasteiger partial charge in [-0.15, -0.1) is 5.10 Å². The fourth-order valence-corrected chi connectivity index (χ4v) is 4.82. The van der Waals surface area contributed by atoms with E-state index in [9.17, 15) is 8.42 Å². The Balaban J connectivity index is 1.53. The monoisotopic (exact) mass is 511 g/mol. The molecular weight excluding hydrogens is 493 g/mol. The van der Waals surface area contributed by atoms with Crippen LogP contribution in [0.15, 0.2) is 83.8 Å². The Morgan fingerprint density at radius 3 is 2.18 bits per heavy atom. The van der Waals surface area contributed by atoms with Crippen molar-refractivity contribution in [3.63, 3.8) is 0 Å². The van der Waals surface area contributed by atoms with E-state index in [1.54, 1.807) is 53.2 Å². The molecule has 2 N–H and O–H groups in total. The van der Waals surface area contributed by atoms with Crippen LogP contribution in [0.2, 0.25) is 10.0 Å². The Kier molecular flexibility index (Phi) is 5.81. The number of aromatic nitrogens is 3. The molecule has 3 aromatic carbocycles. The van der Waals surface area contributed by atoms with Crippen LogP contribution in [-0.2, 0) is 10.0 Å². The molecule has 0 aliphatic carbocycles. The normalized spacial score (nSPS) is 15.3. The number of aryl methyl sites for hydroxylation is 1. The van der Waals surface area contributed by atoms with Crippen molar-refractivity contribution in [3.05, 3.63) is 106 Å². The van der Waals surface area contributed by atoms with Gasteiger partial charge in [0.05, 0.1) is 4.90 Å². The van der Waals surface area contributed by atoms with E-state index in [1.807, 2.05) is 37.3 Å². The van der Waals surface area contributed by atoms with E-state index < -0.39 is 10.0 Å². The highest BCUT2D eigenvalue weighted by Gasteiger charge is 2.27. The Morgan fingerprint density at radius 2 is 1.53 bits per heavy atom. The Hall–Kier alpha value is -3.33. The van der Waals surface area contributed by atoms with Crippen LogP contribution in [0.1, 0.15) is 22.7 Å². The minimum Gasteiger partial charge on any atom is -0.324 e. The highest BCUT2D eigenvalue weighted by molar-refractivity contribution is 7.92. The zero-order valence-electron chi connectivity index (χ0n) is 17.9. The van der Waals surface area contributed by atoms with Gasteiger partial charge < -0.3 is 5.32 Å². The first kappa shape index (κ1) is 22.5. The standard InChI is InChI=1S/C24H19Cl2N5O2S/c1-15-2-12-20(13-3-15)34(32,33)30-23-28-24-27-21(16-4-8-18(25)9-5-16)14-22(31(24)29-23)17-6-10-19(26)11-7-17/h2-14,22H,1H3,(H2,27,28,29,30)/t22-/m1/s1. The molecule has 0 saturated carbocycles. The van der Waals surface area contributed by atoms with Crippen molar-refractivity contribution in [2.75, 3.05) is 10.0 Å². The van der Waals surface area contributed by atoms with Crippen molar-refractivity contribution in [3.8, 4) is 0 Å². The SMILES string of the molecule is Cc1ccc(S(=O)(=O)Nc2nc3n(n2)[C@@H](c2ccc(Cl)cc2)C=C(c2ccc(Cl)cc2)N3)cc1. The number of hydrogen-bond donors (Lipinski definition) is 2. The lowest BCUT2D eigenvalue weighted by atomic mass is 10.0. The van der Waals surface area contributed by atoms with Gasteiger partial charge in [0.25, 0.3) is 16.0 Å². The lowest BCUT2D eigenvalue weighted by Gasteiger charge is -2.24. The van der Waals surface area contributed by atoms with Gasteiger partial charge >= 0.3 is 0 Å². The number of nitrogens with zero attached hydrogens (tertiary/aromatic N) is 3. The number of halogens is 2. The van der Waals surface area contributed by atoms with Gasteiger partial charge in [0, 0.05) is 15.7 Å². The number of anilines is 2. The van der Waals surface area contributed by atoms with Gasteiger partial charge in [-0.05, 0) is 60.5 Å². The van der Waals surface area contributed by atoms with E-state index in [0.29, 0.717) is 16.0 Å². The lowest BCUT2D eigenvalue weighted by molar-refractivity contribution is 0.598. The fourth-order valence-electron chi connectivity index (χ4n) is 3.63. The summed E-state index contributed by atoms with van der Waals surface area (Å²) in [6.07, 6.45) is 1.99. The number of rotatable bonds is 5. The largest absolute Gasteiger partial charge is 0.324 e. The number of hydrogen-bond acceptors (Lipinski definition) is 5. The molecule has 1 atom stereocenters. The number of fused-ring (bicyclic) bond motifs is 1. The van der Waals surface area contributed by atoms with Crippen LogP contribution in [0.25, 0.3) is 5.70 Å². The summed E-state index contributed by atoms with van der Waals surface area (Å²) < 4.78 is 29.9. The van der Waals surface area contributed by atoms with Crippen molar-refractivity contribution in [2.45, 2.75) is 17.9 Å². The third-order valence-corrected chi connectivity index (χ3v) is 7.24. The van der Waals surface area contributed by atoms with Crippen LogP contribution in [0, 0.1) is 6.92 Å². The van der Waals surface area contributed by atoms with Crippen molar-refractivity contribution < 1.29 is 8.42 Å². The summed E-state index contributed by atoms with van der Waals surface area (Å²) in [6.45, 7) is 1.89.